The second-order valence-electron chi connectivity index (χ2n) is 6.27. The number of hydrogen-bond acceptors (Lipinski definition) is 2. The molecule has 0 aliphatic rings. The fourth-order valence-corrected chi connectivity index (χ4v) is 2.89. The van der Waals surface area contributed by atoms with Gasteiger partial charge in [-0.3, -0.25) is 9.98 Å². The van der Waals surface area contributed by atoms with Gasteiger partial charge in [0.2, 0.25) is 0 Å². The van der Waals surface area contributed by atoms with E-state index in [1.165, 1.54) is 24.3 Å². The Bertz CT molecular complexity index is 1070. The van der Waals surface area contributed by atoms with Gasteiger partial charge in [-0.05, 0) is 47.5 Å². The normalized spacial score (nSPS) is 11.6. The molecule has 0 aliphatic carbocycles. The molecule has 0 aromatic heterocycles. The van der Waals surface area contributed by atoms with Crippen molar-refractivity contribution < 1.29 is 8.78 Å². The lowest BCUT2D eigenvalue weighted by Gasteiger charge is -2.05. The quantitative estimate of drug-likeness (QED) is 0.361. The summed E-state index contributed by atoms with van der Waals surface area (Å²) in [5.74, 6) is -0.545. The zero-order chi connectivity index (χ0) is 19.3. The molecule has 0 aliphatic heterocycles. The molecular weight excluding hydrogens is 354 g/mol. The molecular formula is C24H16F2N2. The maximum Gasteiger partial charge on any atom is 0.123 e. The molecule has 0 amide bonds. The average molecular weight is 370 g/mol. The minimum atomic E-state index is -0.272. The van der Waals surface area contributed by atoms with Crippen LogP contribution in [0.3, 0.4) is 0 Å². The SMILES string of the molecule is Fc1ccc(C=Nc2cccc3c(N=Cc4ccc(F)cc4)cccc23)cc1. The molecule has 0 fully saturated rings. The largest absolute Gasteiger partial charge is 0.256 e. The summed E-state index contributed by atoms with van der Waals surface area (Å²) in [5.41, 5.74) is 3.26. The summed E-state index contributed by atoms with van der Waals surface area (Å²) in [6.07, 6.45) is 3.42. The Labute approximate surface area is 161 Å². The Hall–Kier alpha value is -3.66. The molecule has 4 aromatic rings. The number of fused-ring (bicyclic) bond motifs is 1. The lowest BCUT2D eigenvalue weighted by Crippen LogP contribution is -1.83. The summed E-state index contributed by atoms with van der Waals surface area (Å²) >= 11 is 0. The maximum atomic E-state index is 13.0. The van der Waals surface area contributed by atoms with Gasteiger partial charge in [0, 0.05) is 23.2 Å². The van der Waals surface area contributed by atoms with Crippen molar-refractivity contribution in [1.82, 2.24) is 0 Å². The van der Waals surface area contributed by atoms with Crippen LogP contribution >= 0.6 is 0 Å². The molecule has 2 nitrogen and oxygen atoms in total. The molecule has 0 N–H and O–H groups in total. The van der Waals surface area contributed by atoms with Gasteiger partial charge < -0.3 is 0 Å². The van der Waals surface area contributed by atoms with E-state index in [9.17, 15) is 8.78 Å². The average Bonchev–Trinajstić information content (AvgIpc) is 2.73. The zero-order valence-corrected chi connectivity index (χ0v) is 14.9. The van der Waals surface area contributed by atoms with Crippen LogP contribution in [0.25, 0.3) is 10.8 Å². The summed E-state index contributed by atoms with van der Waals surface area (Å²) in [6.45, 7) is 0. The van der Waals surface area contributed by atoms with E-state index in [0.29, 0.717) is 0 Å². The maximum absolute atomic E-state index is 13.0. The summed E-state index contributed by atoms with van der Waals surface area (Å²) in [4.78, 5) is 9.12. The third-order valence-electron chi connectivity index (χ3n) is 4.32. The van der Waals surface area contributed by atoms with E-state index in [0.717, 1.165) is 33.3 Å². The molecule has 4 aromatic carbocycles. The van der Waals surface area contributed by atoms with Crippen LogP contribution in [0.15, 0.2) is 94.9 Å². The van der Waals surface area contributed by atoms with E-state index in [2.05, 4.69) is 9.98 Å². The van der Waals surface area contributed by atoms with Gasteiger partial charge in [0.1, 0.15) is 11.6 Å². The molecule has 0 heterocycles. The van der Waals surface area contributed by atoms with Crippen LogP contribution in [0.5, 0.6) is 0 Å². The molecule has 4 heteroatoms. The number of hydrogen-bond donors (Lipinski definition) is 0. The molecule has 0 bridgehead atoms. The lowest BCUT2D eigenvalue weighted by atomic mass is 10.1. The Morgan fingerprint density at radius 3 is 1.29 bits per heavy atom. The minimum absolute atomic E-state index is 0.272. The predicted octanol–water partition coefficient (Wildman–Crippen LogP) is 6.62. The van der Waals surface area contributed by atoms with E-state index in [4.69, 9.17) is 0 Å². The van der Waals surface area contributed by atoms with Crippen molar-refractivity contribution in [2.45, 2.75) is 0 Å². The number of halogens is 2. The van der Waals surface area contributed by atoms with Gasteiger partial charge in [-0.1, -0.05) is 48.5 Å². The first-order valence-electron chi connectivity index (χ1n) is 8.80. The highest BCUT2D eigenvalue weighted by atomic mass is 19.1. The second-order valence-corrected chi connectivity index (χ2v) is 6.27. The van der Waals surface area contributed by atoms with Crippen molar-refractivity contribution >= 4 is 34.6 Å². The highest BCUT2D eigenvalue weighted by Crippen LogP contribution is 2.32. The molecule has 0 unspecified atom stereocenters. The van der Waals surface area contributed by atoms with Gasteiger partial charge in [0.15, 0.2) is 0 Å². The Morgan fingerprint density at radius 2 is 0.893 bits per heavy atom. The monoisotopic (exact) mass is 370 g/mol. The first kappa shape index (κ1) is 17.7. The second kappa shape index (κ2) is 7.92. The molecule has 136 valence electrons. The van der Waals surface area contributed by atoms with E-state index in [1.54, 1.807) is 36.7 Å². The molecule has 0 spiro atoms. The Morgan fingerprint density at radius 1 is 0.500 bits per heavy atom. The lowest BCUT2D eigenvalue weighted by molar-refractivity contribution is 0.627. The number of rotatable bonds is 4. The molecule has 0 radical (unpaired) electrons. The van der Waals surface area contributed by atoms with Crippen molar-refractivity contribution in [3.05, 3.63) is 108 Å². The zero-order valence-electron chi connectivity index (χ0n) is 14.9. The third-order valence-corrected chi connectivity index (χ3v) is 4.32. The number of nitrogens with zero attached hydrogens (tertiary/aromatic N) is 2. The Kier molecular flexibility index (Phi) is 5.02. The van der Waals surface area contributed by atoms with Crippen molar-refractivity contribution in [3.8, 4) is 0 Å². The topological polar surface area (TPSA) is 24.7 Å². The van der Waals surface area contributed by atoms with Crippen molar-refractivity contribution in [2.24, 2.45) is 9.98 Å². The molecule has 0 atom stereocenters. The highest BCUT2D eigenvalue weighted by Gasteiger charge is 2.03. The predicted molar refractivity (Wildman–Crippen MR) is 111 cm³/mol. The first-order chi connectivity index (χ1) is 13.7. The Balaban J connectivity index is 1.68. The van der Waals surface area contributed by atoms with Gasteiger partial charge in [-0.25, -0.2) is 8.78 Å². The molecule has 0 saturated heterocycles. The number of benzene rings is 4. The summed E-state index contributed by atoms with van der Waals surface area (Å²) in [7, 11) is 0. The fraction of sp³-hybridized carbons (Fsp3) is 0. The smallest absolute Gasteiger partial charge is 0.123 e. The van der Waals surface area contributed by atoms with Gasteiger partial charge in [0.05, 0.1) is 11.4 Å². The van der Waals surface area contributed by atoms with Crippen LogP contribution < -0.4 is 0 Å². The number of aliphatic imine (C=N–C) groups is 2. The van der Waals surface area contributed by atoms with Crippen LogP contribution in [-0.4, -0.2) is 12.4 Å². The molecule has 28 heavy (non-hydrogen) atoms. The van der Waals surface area contributed by atoms with Crippen molar-refractivity contribution in [1.29, 1.82) is 0 Å². The minimum Gasteiger partial charge on any atom is -0.256 e. The summed E-state index contributed by atoms with van der Waals surface area (Å²) in [5, 5.41) is 1.93. The van der Waals surface area contributed by atoms with Gasteiger partial charge in [0.25, 0.3) is 0 Å². The van der Waals surface area contributed by atoms with Crippen LogP contribution in [0, 0.1) is 11.6 Å². The van der Waals surface area contributed by atoms with Crippen LogP contribution in [-0.2, 0) is 0 Å². The van der Waals surface area contributed by atoms with Gasteiger partial charge in [-0.15, -0.1) is 0 Å². The van der Waals surface area contributed by atoms with E-state index in [-0.39, 0.29) is 11.6 Å². The first-order valence-corrected chi connectivity index (χ1v) is 8.80. The van der Waals surface area contributed by atoms with Crippen LogP contribution in [0.4, 0.5) is 20.2 Å². The van der Waals surface area contributed by atoms with Crippen LogP contribution in [0.1, 0.15) is 11.1 Å². The van der Waals surface area contributed by atoms with Crippen LogP contribution in [0.2, 0.25) is 0 Å². The molecule has 4 rings (SSSR count). The van der Waals surface area contributed by atoms with E-state index in [1.807, 2.05) is 36.4 Å². The molecule has 0 saturated carbocycles. The van der Waals surface area contributed by atoms with Crippen molar-refractivity contribution in [2.75, 3.05) is 0 Å². The third kappa shape index (κ3) is 4.01. The standard InChI is InChI=1S/C24H16F2N2/c25-19-11-7-17(8-12-19)15-27-23-5-1-3-21-22(23)4-2-6-24(21)28-16-18-9-13-20(26)14-10-18/h1-16H. The van der Waals surface area contributed by atoms with E-state index >= 15 is 0 Å². The fourth-order valence-electron chi connectivity index (χ4n) is 2.89. The summed E-state index contributed by atoms with van der Waals surface area (Å²) < 4.78 is 26.1. The van der Waals surface area contributed by atoms with Gasteiger partial charge >= 0.3 is 0 Å². The highest BCUT2D eigenvalue weighted by molar-refractivity contribution is 6.02. The summed E-state index contributed by atoms with van der Waals surface area (Å²) in [6, 6.07) is 24.1. The van der Waals surface area contributed by atoms with Gasteiger partial charge in [-0.2, -0.15) is 0 Å². The van der Waals surface area contributed by atoms with Crippen molar-refractivity contribution in [3.63, 3.8) is 0 Å². The van der Waals surface area contributed by atoms with E-state index < -0.39 is 0 Å².